The average Bonchev–Trinajstić information content (AvgIpc) is 2.53. The molecule has 0 aromatic heterocycles. The molecule has 15 heavy (non-hydrogen) atoms. The van der Waals surface area contributed by atoms with Crippen LogP contribution < -0.4 is 0 Å². The molecule has 3 heteroatoms. The average molecular weight is 213 g/mol. The van der Waals surface area contributed by atoms with Gasteiger partial charge in [-0.25, -0.2) is 0 Å². The SMILES string of the molecule is CCN(CCO)C(=O)C1CCCCCC1. The molecule has 0 heterocycles. The van der Waals surface area contributed by atoms with E-state index < -0.39 is 0 Å². The molecule has 1 N–H and O–H groups in total. The van der Waals surface area contributed by atoms with Crippen molar-refractivity contribution < 1.29 is 9.90 Å². The van der Waals surface area contributed by atoms with Crippen molar-refractivity contribution in [3.05, 3.63) is 0 Å². The predicted octanol–water partition coefficient (Wildman–Crippen LogP) is 1.80. The third-order valence-corrected chi connectivity index (χ3v) is 3.27. The molecule has 0 aliphatic heterocycles. The van der Waals surface area contributed by atoms with Gasteiger partial charge in [-0.05, 0) is 19.8 Å². The molecule has 0 spiro atoms. The number of carbonyl (C=O) groups excluding carboxylic acids is 1. The first-order valence-electron chi connectivity index (χ1n) is 6.19. The Morgan fingerprint density at radius 3 is 2.33 bits per heavy atom. The number of carbonyl (C=O) groups is 1. The molecular weight excluding hydrogens is 190 g/mol. The maximum absolute atomic E-state index is 12.1. The highest BCUT2D eigenvalue weighted by molar-refractivity contribution is 5.78. The van der Waals surface area contributed by atoms with E-state index >= 15 is 0 Å². The largest absolute Gasteiger partial charge is 0.395 e. The first kappa shape index (κ1) is 12.5. The fraction of sp³-hybridized carbons (Fsp3) is 0.917. The second-order valence-electron chi connectivity index (χ2n) is 4.33. The van der Waals surface area contributed by atoms with Crippen molar-refractivity contribution in [1.29, 1.82) is 0 Å². The van der Waals surface area contributed by atoms with Crippen LogP contribution in [0.15, 0.2) is 0 Å². The summed E-state index contributed by atoms with van der Waals surface area (Å²) in [4.78, 5) is 13.9. The number of rotatable bonds is 4. The molecule has 1 fully saturated rings. The Labute approximate surface area is 92.5 Å². The Kier molecular flexibility index (Phi) is 5.69. The Balaban J connectivity index is 2.47. The van der Waals surface area contributed by atoms with Crippen molar-refractivity contribution >= 4 is 5.91 Å². The van der Waals surface area contributed by atoms with Gasteiger partial charge in [0.15, 0.2) is 0 Å². The molecule has 1 rings (SSSR count). The zero-order valence-corrected chi connectivity index (χ0v) is 9.74. The van der Waals surface area contributed by atoms with Crippen molar-refractivity contribution in [3.8, 4) is 0 Å². The maximum atomic E-state index is 12.1. The smallest absolute Gasteiger partial charge is 0.225 e. The van der Waals surface area contributed by atoms with E-state index in [0.717, 1.165) is 19.4 Å². The third-order valence-electron chi connectivity index (χ3n) is 3.27. The van der Waals surface area contributed by atoms with E-state index in [9.17, 15) is 4.79 Å². The van der Waals surface area contributed by atoms with Crippen LogP contribution in [-0.2, 0) is 4.79 Å². The number of nitrogens with zero attached hydrogens (tertiary/aromatic N) is 1. The molecule has 1 saturated carbocycles. The van der Waals surface area contributed by atoms with Gasteiger partial charge in [-0.15, -0.1) is 0 Å². The van der Waals surface area contributed by atoms with Crippen LogP contribution in [-0.4, -0.2) is 35.6 Å². The van der Waals surface area contributed by atoms with E-state index in [1.54, 1.807) is 4.90 Å². The van der Waals surface area contributed by atoms with Gasteiger partial charge in [0.25, 0.3) is 0 Å². The Hall–Kier alpha value is -0.570. The number of hydrogen-bond acceptors (Lipinski definition) is 2. The molecule has 88 valence electrons. The lowest BCUT2D eigenvalue weighted by Gasteiger charge is -2.24. The van der Waals surface area contributed by atoms with Gasteiger partial charge in [0.2, 0.25) is 5.91 Å². The molecule has 0 radical (unpaired) electrons. The highest BCUT2D eigenvalue weighted by Crippen LogP contribution is 2.24. The molecule has 0 saturated heterocycles. The van der Waals surface area contributed by atoms with Gasteiger partial charge in [0, 0.05) is 19.0 Å². The van der Waals surface area contributed by atoms with E-state index in [1.807, 2.05) is 6.92 Å². The van der Waals surface area contributed by atoms with Gasteiger partial charge in [-0.2, -0.15) is 0 Å². The monoisotopic (exact) mass is 213 g/mol. The second kappa shape index (κ2) is 6.83. The van der Waals surface area contributed by atoms with Crippen LogP contribution in [0.4, 0.5) is 0 Å². The molecule has 0 bridgehead atoms. The highest BCUT2D eigenvalue weighted by Gasteiger charge is 2.23. The molecule has 0 atom stereocenters. The topological polar surface area (TPSA) is 40.5 Å². The summed E-state index contributed by atoms with van der Waals surface area (Å²) in [5.74, 6) is 0.479. The summed E-state index contributed by atoms with van der Waals surface area (Å²) < 4.78 is 0. The molecule has 1 amide bonds. The lowest BCUT2D eigenvalue weighted by Crippen LogP contribution is -2.37. The van der Waals surface area contributed by atoms with E-state index in [-0.39, 0.29) is 18.4 Å². The fourth-order valence-corrected chi connectivity index (χ4v) is 2.33. The summed E-state index contributed by atoms with van der Waals surface area (Å²) in [5.41, 5.74) is 0. The summed E-state index contributed by atoms with van der Waals surface area (Å²) in [5, 5.41) is 8.88. The third kappa shape index (κ3) is 3.82. The summed E-state index contributed by atoms with van der Waals surface area (Å²) >= 11 is 0. The second-order valence-corrected chi connectivity index (χ2v) is 4.33. The van der Waals surface area contributed by atoms with Crippen molar-refractivity contribution in [2.45, 2.75) is 45.4 Å². The number of aliphatic hydroxyl groups is 1. The summed E-state index contributed by atoms with van der Waals surface area (Å²) in [6, 6.07) is 0. The predicted molar refractivity (Wildman–Crippen MR) is 60.5 cm³/mol. The van der Waals surface area contributed by atoms with Crippen molar-refractivity contribution in [2.75, 3.05) is 19.7 Å². The molecule has 1 aliphatic carbocycles. The van der Waals surface area contributed by atoms with Crippen LogP contribution in [0.2, 0.25) is 0 Å². The standard InChI is InChI=1S/C12H23NO2/c1-2-13(9-10-14)12(15)11-7-5-3-4-6-8-11/h11,14H,2-10H2,1H3. The fourth-order valence-electron chi connectivity index (χ4n) is 2.33. The molecule has 1 aliphatic rings. The molecule has 3 nitrogen and oxygen atoms in total. The minimum atomic E-state index is 0.0757. The van der Waals surface area contributed by atoms with E-state index in [4.69, 9.17) is 5.11 Å². The van der Waals surface area contributed by atoms with Crippen LogP contribution in [0.3, 0.4) is 0 Å². The number of amides is 1. The van der Waals surface area contributed by atoms with Gasteiger partial charge in [0.1, 0.15) is 0 Å². The van der Waals surface area contributed by atoms with E-state index in [1.165, 1.54) is 25.7 Å². The van der Waals surface area contributed by atoms with Crippen molar-refractivity contribution in [3.63, 3.8) is 0 Å². The van der Waals surface area contributed by atoms with E-state index in [2.05, 4.69) is 0 Å². The first-order chi connectivity index (χ1) is 7.29. The van der Waals surface area contributed by atoms with Crippen molar-refractivity contribution in [1.82, 2.24) is 4.90 Å². The van der Waals surface area contributed by atoms with Gasteiger partial charge in [-0.3, -0.25) is 4.79 Å². The van der Waals surface area contributed by atoms with E-state index in [0.29, 0.717) is 6.54 Å². The van der Waals surface area contributed by atoms with Gasteiger partial charge in [0.05, 0.1) is 6.61 Å². The van der Waals surface area contributed by atoms with Crippen LogP contribution >= 0.6 is 0 Å². The first-order valence-corrected chi connectivity index (χ1v) is 6.19. The highest BCUT2D eigenvalue weighted by atomic mass is 16.3. The Bertz CT molecular complexity index is 186. The zero-order valence-electron chi connectivity index (χ0n) is 9.74. The zero-order chi connectivity index (χ0) is 11.1. The number of hydrogen-bond donors (Lipinski definition) is 1. The summed E-state index contributed by atoms with van der Waals surface area (Å²) in [6.07, 6.45) is 7.01. The normalized spacial score (nSPS) is 18.5. The van der Waals surface area contributed by atoms with Crippen LogP contribution in [0, 0.1) is 5.92 Å². The molecule has 0 unspecified atom stereocenters. The Morgan fingerprint density at radius 2 is 1.87 bits per heavy atom. The summed E-state index contributed by atoms with van der Waals surface area (Å²) in [7, 11) is 0. The number of likely N-dealkylation sites (N-methyl/N-ethyl adjacent to an activating group) is 1. The Morgan fingerprint density at radius 1 is 1.27 bits per heavy atom. The van der Waals surface area contributed by atoms with Gasteiger partial charge < -0.3 is 10.0 Å². The minimum absolute atomic E-state index is 0.0757. The van der Waals surface area contributed by atoms with Crippen LogP contribution in [0.1, 0.15) is 45.4 Å². The quantitative estimate of drug-likeness (QED) is 0.723. The molecule has 0 aromatic rings. The minimum Gasteiger partial charge on any atom is -0.395 e. The maximum Gasteiger partial charge on any atom is 0.225 e. The number of aliphatic hydroxyl groups excluding tert-OH is 1. The lowest BCUT2D eigenvalue weighted by atomic mass is 9.99. The van der Waals surface area contributed by atoms with Gasteiger partial charge >= 0.3 is 0 Å². The van der Waals surface area contributed by atoms with Gasteiger partial charge in [-0.1, -0.05) is 25.7 Å². The van der Waals surface area contributed by atoms with Crippen LogP contribution in [0.25, 0.3) is 0 Å². The van der Waals surface area contributed by atoms with Crippen LogP contribution in [0.5, 0.6) is 0 Å². The molecular formula is C12H23NO2. The summed E-state index contributed by atoms with van der Waals surface area (Å²) in [6.45, 7) is 3.26. The molecule has 0 aromatic carbocycles. The lowest BCUT2D eigenvalue weighted by molar-refractivity contribution is -0.136. The van der Waals surface area contributed by atoms with Crippen molar-refractivity contribution in [2.24, 2.45) is 5.92 Å².